The molecule has 0 bridgehead atoms. The molecule has 2 aromatic heterocycles. The maximum atomic E-state index is 12.7. The molecule has 2 saturated heterocycles. The lowest BCUT2D eigenvalue weighted by Crippen LogP contribution is -2.44. The van der Waals surface area contributed by atoms with Crippen LogP contribution in [0.4, 0.5) is 0 Å². The van der Waals surface area contributed by atoms with Crippen molar-refractivity contribution in [2.75, 3.05) is 13.2 Å². The van der Waals surface area contributed by atoms with Crippen LogP contribution < -0.4 is 4.74 Å². The number of likely N-dealkylation sites (tertiary alicyclic amines) is 1. The van der Waals surface area contributed by atoms with Crippen molar-refractivity contribution in [1.82, 2.24) is 14.9 Å². The highest BCUT2D eigenvalue weighted by atomic mass is 16.5. The van der Waals surface area contributed by atoms with Crippen molar-refractivity contribution in [2.45, 2.75) is 31.1 Å². The lowest BCUT2D eigenvalue weighted by Gasteiger charge is -2.31. The van der Waals surface area contributed by atoms with E-state index in [-0.39, 0.29) is 24.2 Å². The van der Waals surface area contributed by atoms with E-state index in [1.54, 1.807) is 30.9 Å². The minimum Gasteiger partial charge on any atom is -0.484 e. The van der Waals surface area contributed by atoms with Gasteiger partial charge in [-0.3, -0.25) is 9.78 Å². The lowest BCUT2D eigenvalue weighted by atomic mass is 10.0. The van der Waals surface area contributed by atoms with Gasteiger partial charge in [0.15, 0.2) is 0 Å². The van der Waals surface area contributed by atoms with Gasteiger partial charge in [0.1, 0.15) is 18.0 Å². The molecule has 0 aliphatic carbocycles. The predicted molar refractivity (Wildman–Crippen MR) is 83.2 cm³/mol. The largest absolute Gasteiger partial charge is 0.484 e. The average Bonchev–Trinajstić information content (AvgIpc) is 3.24. The van der Waals surface area contributed by atoms with Gasteiger partial charge in [0.25, 0.3) is 5.91 Å². The number of hydrogen-bond donors (Lipinski definition) is 1. The smallest absolute Gasteiger partial charge is 0.255 e. The second-order valence-electron chi connectivity index (χ2n) is 5.95. The van der Waals surface area contributed by atoms with Crippen LogP contribution in [-0.2, 0) is 4.74 Å². The van der Waals surface area contributed by atoms with Crippen LogP contribution in [0.25, 0.3) is 0 Å². The molecule has 4 heterocycles. The fraction of sp³-hybridized carbons (Fsp3) is 0.412. The number of carbonyl (C=O) groups excluding carboxylic acids is 1. The van der Waals surface area contributed by atoms with Crippen LogP contribution in [0.5, 0.6) is 5.75 Å². The van der Waals surface area contributed by atoms with Crippen molar-refractivity contribution in [1.29, 1.82) is 0 Å². The van der Waals surface area contributed by atoms with Gasteiger partial charge in [-0.25, -0.2) is 0 Å². The normalized spacial score (nSPS) is 26.8. The van der Waals surface area contributed by atoms with Gasteiger partial charge in [-0.1, -0.05) is 0 Å². The molecule has 1 N–H and O–H groups in total. The molecule has 1 amide bonds. The average molecular weight is 313 g/mol. The first kappa shape index (κ1) is 14.3. The standard InChI is InChI=1S/C17H19N3O3/c21-17(12-5-7-19-9-12)20-11-15(16-14(20)4-2-8-22-16)23-13-3-1-6-18-10-13/h1,3,5-7,9-10,14-16,19H,2,4,8,11H2/t14-,15+,16+/m1/s1. The third-order valence-electron chi connectivity index (χ3n) is 4.50. The van der Waals surface area contributed by atoms with Crippen LogP contribution in [-0.4, -0.2) is 52.2 Å². The van der Waals surface area contributed by atoms with Crippen molar-refractivity contribution in [2.24, 2.45) is 0 Å². The Balaban J connectivity index is 1.56. The van der Waals surface area contributed by atoms with Gasteiger partial charge in [0, 0.05) is 25.2 Å². The van der Waals surface area contributed by atoms with Crippen molar-refractivity contribution < 1.29 is 14.3 Å². The maximum absolute atomic E-state index is 12.7. The summed E-state index contributed by atoms with van der Waals surface area (Å²) in [5, 5.41) is 0. The highest BCUT2D eigenvalue weighted by Crippen LogP contribution is 2.32. The number of amides is 1. The quantitative estimate of drug-likeness (QED) is 0.939. The van der Waals surface area contributed by atoms with Crippen LogP contribution in [0.3, 0.4) is 0 Å². The van der Waals surface area contributed by atoms with Crippen molar-refractivity contribution >= 4 is 5.91 Å². The summed E-state index contributed by atoms with van der Waals surface area (Å²) in [6, 6.07) is 5.59. The van der Waals surface area contributed by atoms with Crippen LogP contribution in [0.2, 0.25) is 0 Å². The fourth-order valence-corrected chi connectivity index (χ4v) is 3.46. The van der Waals surface area contributed by atoms with E-state index in [1.807, 2.05) is 17.0 Å². The molecule has 0 aromatic carbocycles. The summed E-state index contributed by atoms with van der Waals surface area (Å²) in [6.07, 6.45) is 8.58. The highest BCUT2D eigenvalue weighted by Gasteiger charge is 2.47. The van der Waals surface area contributed by atoms with Gasteiger partial charge < -0.3 is 19.4 Å². The molecule has 0 spiro atoms. The van der Waals surface area contributed by atoms with E-state index in [2.05, 4.69) is 9.97 Å². The van der Waals surface area contributed by atoms with Crippen LogP contribution in [0, 0.1) is 0 Å². The number of carbonyl (C=O) groups is 1. The molecular weight excluding hydrogens is 294 g/mol. The minimum atomic E-state index is -0.160. The van der Waals surface area contributed by atoms with E-state index in [1.165, 1.54) is 0 Å². The molecule has 120 valence electrons. The summed E-state index contributed by atoms with van der Waals surface area (Å²) in [6.45, 7) is 1.26. The Morgan fingerprint density at radius 2 is 2.39 bits per heavy atom. The van der Waals surface area contributed by atoms with Crippen LogP contribution >= 0.6 is 0 Å². The van der Waals surface area contributed by atoms with Gasteiger partial charge in [-0.15, -0.1) is 0 Å². The minimum absolute atomic E-state index is 0.0315. The zero-order chi connectivity index (χ0) is 15.6. The Morgan fingerprint density at radius 3 is 3.17 bits per heavy atom. The summed E-state index contributed by atoms with van der Waals surface area (Å²) >= 11 is 0. The lowest BCUT2D eigenvalue weighted by molar-refractivity contribution is -0.0447. The first-order valence-electron chi connectivity index (χ1n) is 7.95. The van der Waals surface area contributed by atoms with Crippen LogP contribution in [0.1, 0.15) is 23.2 Å². The summed E-state index contributed by atoms with van der Waals surface area (Å²) < 4.78 is 12.0. The van der Waals surface area contributed by atoms with Gasteiger partial charge in [0.2, 0.25) is 0 Å². The monoisotopic (exact) mass is 313 g/mol. The van der Waals surface area contributed by atoms with E-state index >= 15 is 0 Å². The van der Waals surface area contributed by atoms with Gasteiger partial charge in [-0.2, -0.15) is 0 Å². The second kappa shape index (κ2) is 6.04. The Bertz CT molecular complexity index is 659. The molecule has 2 fully saturated rings. The first-order chi connectivity index (χ1) is 11.3. The fourth-order valence-electron chi connectivity index (χ4n) is 3.46. The van der Waals surface area contributed by atoms with Gasteiger partial charge in [0.05, 0.1) is 24.3 Å². The van der Waals surface area contributed by atoms with Crippen molar-refractivity contribution in [3.05, 3.63) is 48.5 Å². The Kier molecular flexibility index (Phi) is 3.75. The van der Waals surface area contributed by atoms with E-state index in [9.17, 15) is 4.79 Å². The number of H-pyrrole nitrogens is 1. The third kappa shape index (κ3) is 2.70. The highest BCUT2D eigenvalue weighted by molar-refractivity contribution is 5.94. The number of pyridine rings is 1. The van der Waals surface area contributed by atoms with E-state index < -0.39 is 0 Å². The molecule has 3 atom stereocenters. The second-order valence-corrected chi connectivity index (χ2v) is 5.95. The predicted octanol–water partition coefficient (Wildman–Crippen LogP) is 1.86. The van der Waals surface area contributed by atoms with Crippen LogP contribution in [0.15, 0.2) is 43.0 Å². The molecule has 4 rings (SSSR count). The third-order valence-corrected chi connectivity index (χ3v) is 4.50. The summed E-state index contributed by atoms with van der Waals surface area (Å²) in [5.74, 6) is 0.741. The summed E-state index contributed by atoms with van der Waals surface area (Å²) in [4.78, 5) is 21.7. The molecule has 2 aromatic rings. The Labute approximate surface area is 134 Å². The Morgan fingerprint density at radius 1 is 1.43 bits per heavy atom. The summed E-state index contributed by atoms with van der Waals surface area (Å²) in [7, 11) is 0. The van der Waals surface area contributed by atoms with Crippen molar-refractivity contribution in [3.8, 4) is 5.75 Å². The molecule has 0 saturated carbocycles. The number of nitrogens with zero attached hydrogens (tertiary/aromatic N) is 2. The number of aromatic amines is 1. The molecule has 6 heteroatoms. The van der Waals surface area contributed by atoms with Crippen molar-refractivity contribution in [3.63, 3.8) is 0 Å². The topological polar surface area (TPSA) is 67.5 Å². The van der Waals surface area contributed by atoms with E-state index in [0.29, 0.717) is 17.9 Å². The number of nitrogens with one attached hydrogen (secondary N) is 1. The zero-order valence-electron chi connectivity index (χ0n) is 12.7. The maximum Gasteiger partial charge on any atom is 0.255 e. The number of ether oxygens (including phenoxy) is 2. The van der Waals surface area contributed by atoms with E-state index in [4.69, 9.17) is 9.47 Å². The molecule has 0 radical (unpaired) electrons. The summed E-state index contributed by atoms with van der Waals surface area (Å²) in [5.41, 5.74) is 0.677. The molecule has 23 heavy (non-hydrogen) atoms. The number of hydrogen-bond acceptors (Lipinski definition) is 4. The molecule has 2 aliphatic rings. The van der Waals surface area contributed by atoms with Gasteiger partial charge >= 0.3 is 0 Å². The number of rotatable bonds is 3. The van der Waals surface area contributed by atoms with E-state index in [0.717, 1.165) is 19.4 Å². The Hall–Kier alpha value is -2.34. The molecule has 0 unspecified atom stereocenters. The molecule has 6 nitrogen and oxygen atoms in total. The molecular formula is C17H19N3O3. The number of aromatic nitrogens is 2. The first-order valence-corrected chi connectivity index (χ1v) is 7.95. The SMILES string of the molecule is O=C(c1cc[nH]c1)N1C[C@H](Oc2cccnc2)[C@H]2OCCC[C@H]21. The number of fused-ring (bicyclic) bond motifs is 1. The molecule has 2 aliphatic heterocycles. The zero-order valence-corrected chi connectivity index (χ0v) is 12.7. The van der Waals surface area contributed by atoms with Gasteiger partial charge in [-0.05, 0) is 31.0 Å².